The Labute approximate surface area is 219 Å². The van der Waals surface area contributed by atoms with E-state index in [4.69, 9.17) is 4.74 Å². The highest BCUT2D eigenvalue weighted by atomic mass is 19.4. The van der Waals surface area contributed by atoms with Gasteiger partial charge in [-0.3, -0.25) is 9.80 Å². The van der Waals surface area contributed by atoms with Crippen LogP contribution in [0.2, 0.25) is 0 Å². The number of carbonyl (C=O) groups is 2. The molecule has 0 atom stereocenters. The van der Waals surface area contributed by atoms with Crippen LogP contribution in [0.1, 0.15) is 24.0 Å². The molecule has 212 valence electrons. The average Bonchev–Trinajstić information content (AvgIpc) is 3.24. The van der Waals surface area contributed by atoms with E-state index in [2.05, 4.69) is 0 Å². The summed E-state index contributed by atoms with van der Waals surface area (Å²) in [6.45, 7) is 1.22. The third kappa shape index (κ3) is 6.05. The number of ether oxygens (including phenoxy) is 1. The summed E-state index contributed by atoms with van der Waals surface area (Å²) in [5, 5.41) is 0. The number of alkyl halides is 6. The van der Waals surface area contributed by atoms with Crippen molar-refractivity contribution in [1.29, 1.82) is 0 Å². The molecule has 0 radical (unpaired) electrons. The molecule has 7 nitrogen and oxygen atoms in total. The number of carbonyl (C=O) groups excluding carboxylic acids is 2. The molecule has 0 spiro atoms. The maximum Gasteiger partial charge on any atom is 0.420 e. The second-order valence-electron chi connectivity index (χ2n) is 9.43. The second-order valence-corrected chi connectivity index (χ2v) is 9.43. The van der Waals surface area contributed by atoms with Gasteiger partial charge in [0.05, 0.1) is 11.3 Å². The second kappa shape index (κ2) is 10.5. The summed E-state index contributed by atoms with van der Waals surface area (Å²) in [6, 6.07) is 3.56. The number of halogens is 7. The summed E-state index contributed by atoms with van der Waals surface area (Å²) in [5.41, 5.74) is -4.28. The molecule has 2 aromatic rings. The van der Waals surface area contributed by atoms with Gasteiger partial charge >= 0.3 is 24.5 Å². The Morgan fingerprint density at radius 2 is 1.56 bits per heavy atom. The molecular weight excluding hydrogens is 537 g/mol. The first-order chi connectivity index (χ1) is 18.2. The van der Waals surface area contributed by atoms with Crippen LogP contribution in [0.4, 0.5) is 51.7 Å². The van der Waals surface area contributed by atoms with Crippen molar-refractivity contribution in [2.24, 2.45) is 0 Å². The first kappa shape index (κ1) is 28.5. The molecule has 0 aliphatic carbocycles. The SMILES string of the molecule is CN1CCC(N2CCN(c3cc(C(F)(F)F)cc(C(F)(F)F)c3OC(=O)N(C)c3ccc(F)cc3)C2=O)CC1. The number of hydrogen-bond acceptors (Lipinski definition) is 4. The van der Waals surface area contributed by atoms with Gasteiger partial charge in [0.1, 0.15) is 11.4 Å². The van der Waals surface area contributed by atoms with Crippen molar-refractivity contribution in [3.8, 4) is 5.75 Å². The molecule has 0 N–H and O–H groups in total. The number of urea groups is 1. The molecule has 2 saturated heterocycles. The third-order valence-corrected chi connectivity index (χ3v) is 6.84. The third-order valence-electron chi connectivity index (χ3n) is 6.84. The molecule has 2 aliphatic rings. The fraction of sp³-hybridized carbons (Fsp3) is 0.440. The van der Waals surface area contributed by atoms with Crippen LogP contribution in [0.25, 0.3) is 0 Å². The maximum absolute atomic E-state index is 14.1. The van der Waals surface area contributed by atoms with Gasteiger partial charge < -0.3 is 14.5 Å². The molecule has 39 heavy (non-hydrogen) atoms. The van der Waals surface area contributed by atoms with Crippen LogP contribution in [0.5, 0.6) is 5.75 Å². The van der Waals surface area contributed by atoms with Crippen LogP contribution in [-0.4, -0.2) is 68.2 Å². The van der Waals surface area contributed by atoms with Crippen molar-refractivity contribution in [2.45, 2.75) is 31.2 Å². The van der Waals surface area contributed by atoms with Crippen molar-refractivity contribution in [2.75, 3.05) is 50.1 Å². The predicted octanol–water partition coefficient (Wildman–Crippen LogP) is 5.83. The molecule has 0 bridgehead atoms. The Morgan fingerprint density at radius 1 is 0.949 bits per heavy atom. The number of piperidine rings is 1. The monoisotopic (exact) mass is 562 g/mol. The normalized spacial score (nSPS) is 17.6. The lowest BCUT2D eigenvalue weighted by Crippen LogP contribution is -2.45. The van der Waals surface area contributed by atoms with Gasteiger partial charge in [-0.05, 0) is 69.4 Å². The van der Waals surface area contributed by atoms with Crippen molar-refractivity contribution in [3.05, 3.63) is 53.3 Å². The Bertz CT molecular complexity index is 1230. The van der Waals surface area contributed by atoms with Gasteiger partial charge in [-0.15, -0.1) is 0 Å². The van der Waals surface area contributed by atoms with Gasteiger partial charge in [0.15, 0.2) is 5.75 Å². The van der Waals surface area contributed by atoms with E-state index in [9.17, 15) is 40.3 Å². The Morgan fingerprint density at radius 3 is 2.13 bits per heavy atom. The Kier molecular flexibility index (Phi) is 7.70. The van der Waals surface area contributed by atoms with Gasteiger partial charge in [0.2, 0.25) is 0 Å². The van der Waals surface area contributed by atoms with Gasteiger partial charge in [-0.25, -0.2) is 14.0 Å². The Balaban J connectivity index is 1.76. The number of likely N-dealkylation sites (tertiary alicyclic amines) is 1. The first-order valence-corrected chi connectivity index (χ1v) is 12.0. The van der Waals surface area contributed by atoms with E-state index in [1.165, 1.54) is 17.0 Å². The zero-order valence-corrected chi connectivity index (χ0v) is 20.9. The zero-order valence-electron chi connectivity index (χ0n) is 20.9. The quantitative estimate of drug-likeness (QED) is 0.440. The van der Waals surface area contributed by atoms with E-state index in [-0.39, 0.29) is 30.9 Å². The summed E-state index contributed by atoms with van der Waals surface area (Å²) in [7, 11) is 3.04. The molecule has 4 rings (SSSR count). The van der Waals surface area contributed by atoms with Crippen LogP contribution in [-0.2, 0) is 12.4 Å². The lowest BCUT2D eigenvalue weighted by molar-refractivity contribution is -0.143. The summed E-state index contributed by atoms with van der Waals surface area (Å²) >= 11 is 0. The molecule has 3 amide bonds. The lowest BCUT2D eigenvalue weighted by atomic mass is 10.0. The molecule has 2 aromatic carbocycles. The molecule has 2 aliphatic heterocycles. The number of anilines is 2. The van der Waals surface area contributed by atoms with E-state index in [1.54, 1.807) is 0 Å². The highest BCUT2D eigenvalue weighted by Crippen LogP contribution is 2.47. The molecule has 0 unspecified atom stereocenters. The van der Waals surface area contributed by atoms with Crippen LogP contribution >= 0.6 is 0 Å². The van der Waals surface area contributed by atoms with Crippen molar-refractivity contribution < 1.29 is 45.1 Å². The van der Waals surface area contributed by atoms with Crippen LogP contribution < -0.4 is 14.5 Å². The fourth-order valence-corrected chi connectivity index (χ4v) is 4.64. The zero-order chi connectivity index (χ0) is 28.7. The Hall–Kier alpha value is -3.55. The summed E-state index contributed by atoms with van der Waals surface area (Å²) < 4.78 is 102. The molecule has 14 heteroatoms. The predicted molar refractivity (Wildman–Crippen MR) is 127 cm³/mol. The average molecular weight is 562 g/mol. The van der Waals surface area contributed by atoms with Crippen LogP contribution in [0.3, 0.4) is 0 Å². The molecular formula is C25H25F7N4O3. The van der Waals surface area contributed by atoms with Crippen molar-refractivity contribution in [3.63, 3.8) is 0 Å². The van der Waals surface area contributed by atoms with Crippen LogP contribution in [0, 0.1) is 5.82 Å². The number of nitrogens with zero attached hydrogens (tertiary/aromatic N) is 4. The van der Waals surface area contributed by atoms with Gasteiger partial charge in [-0.1, -0.05) is 0 Å². The molecule has 2 fully saturated rings. The minimum Gasteiger partial charge on any atom is -0.407 e. The smallest absolute Gasteiger partial charge is 0.407 e. The number of benzene rings is 2. The van der Waals surface area contributed by atoms with E-state index in [0.717, 1.165) is 29.0 Å². The van der Waals surface area contributed by atoms with E-state index >= 15 is 0 Å². The van der Waals surface area contributed by atoms with Crippen molar-refractivity contribution >= 4 is 23.5 Å². The highest BCUT2D eigenvalue weighted by Gasteiger charge is 2.44. The first-order valence-electron chi connectivity index (χ1n) is 12.0. The number of hydrogen-bond donors (Lipinski definition) is 0. The largest absolute Gasteiger partial charge is 0.420 e. The van der Waals surface area contributed by atoms with Gasteiger partial charge in [0.25, 0.3) is 0 Å². The summed E-state index contributed by atoms with van der Waals surface area (Å²) in [4.78, 5) is 31.2. The van der Waals surface area contributed by atoms with E-state index < -0.39 is 52.9 Å². The number of rotatable bonds is 4. The van der Waals surface area contributed by atoms with Gasteiger partial charge in [-0.2, -0.15) is 26.3 Å². The molecule has 0 aromatic heterocycles. The van der Waals surface area contributed by atoms with E-state index in [1.807, 2.05) is 11.9 Å². The van der Waals surface area contributed by atoms with Gasteiger partial charge in [0, 0.05) is 31.9 Å². The fourth-order valence-electron chi connectivity index (χ4n) is 4.64. The lowest BCUT2D eigenvalue weighted by Gasteiger charge is -2.35. The van der Waals surface area contributed by atoms with E-state index in [0.29, 0.717) is 32.0 Å². The highest BCUT2D eigenvalue weighted by molar-refractivity contribution is 5.98. The summed E-state index contributed by atoms with van der Waals surface area (Å²) in [5.74, 6) is -1.86. The minimum absolute atomic E-state index is 0.0501. The maximum atomic E-state index is 14.1. The topological polar surface area (TPSA) is 56.3 Å². The minimum atomic E-state index is -5.36. The van der Waals surface area contributed by atoms with Crippen LogP contribution in [0.15, 0.2) is 36.4 Å². The standard InChI is InChI=1S/C25H25F7N4O3/c1-33-9-7-18(8-10-33)35-11-12-36(22(35)37)20-14-15(24(27,28)29)13-19(25(30,31)32)21(20)39-23(38)34(2)17-5-3-16(26)4-6-17/h3-6,13-14,18H,7-12H2,1-2H3. The van der Waals surface area contributed by atoms with Crippen molar-refractivity contribution in [1.82, 2.24) is 9.80 Å². The molecule has 2 heterocycles. The summed E-state index contributed by atoms with van der Waals surface area (Å²) in [6.07, 6.45) is -10.7. The number of amides is 3. The molecule has 0 saturated carbocycles.